The monoisotopic (exact) mass is 1560 g/mol. The highest BCUT2D eigenvalue weighted by Gasteiger charge is 2.61. The zero-order chi connectivity index (χ0) is 78.8. The molecule has 5 saturated heterocycles. The Balaban J connectivity index is 0.0000246. The quantitative estimate of drug-likeness (QED) is 0.0231. The normalized spacial score (nSPS) is 34.3. The first-order valence-electron chi connectivity index (χ1n) is 39.1. The van der Waals surface area contributed by atoms with Crippen molar-refractivity contribution in [2.75, 3.05) is 39.6 Å². The van der Waals surface area contributed by atoms with E-state index in [0.717, 1.165) is 71.6 Å². The van der Waals surface area contributed by atoms with E-state index in [1.165, 1.54) is 109 Å². The highest BCUT2D eigenvalue weighted by atomic mass is 16.8. The smallest absolute Gasteiger partial charge is 0.220 e. The summed E-state index contributed by atoms with van der Waals surface area (Å²) in [6, 6.07) is -4.85. The van der Waals surface area contributed by atoms with E-state index >= 15 is 0 Å². The third-order valence-corrected chi connectivity index (χ3v) is 20.6. The molecular formula is C73H134N4O31. The number of ether oxygens (including phenoxy) is 10. The number of hydrogen-bond acceptors (Lipinski definition) is 31. The zero-order valence-corrected chi connectivity index (χ0v) is 63.8. The van der Waals surface area contributed by atoms with E-state index in [9.17, 15) is 106 Å². The number of nitrogens with one attached hydrogen (secondary N) is 3. The van der Waals surface area contributed by atoms with Crippen molar-refractivity contribution in [3.63, 3.8) is 0 Å². The molecule has 5 aliphatic rings. The van der Waals surface area contributed by atoms with Crippen LogP contribution in [0.3, 0.4) is 0 Å². The highest BCUT2D eigenvalue weighted by Crippen LogP contribution is 2.41. The van der Waals surface area contributed by atoms with Gasteiger partial charge in [-0.15, -0.1) is 0 Å². The third kappa shape index (κ3) is 29.7. The SMILES string of the molecule is CCCCCCCCCCCCC/C=C/C(O)C(COC1OC(CO)C(OC2OC(CO)C(OC3OC(CO)C(O)C(OC4OC(CO)C(O)C(O)C4O)C3NC(C)=O)C(OC3(C(=O)[O-])CC(O)C(NC(C)=O)C(C(O)C(O)CO)O3)C2O)C(O)C1O)NC(=O)CCCCCCCCCCCCCCCCC.[NH4+]. The maximum Gasteiger partial charge on any atom is 0.220 e. The lowest BCUT2D eigenvalue weighted by atomic mass is 9.88. The van der Waals surface area contributed by atoms with Crippen LogP contribution in [0.15, 0.2) is 12.2 Å². The maximum atomic E-state index is 13.7. The fourth-order valence-electron chi connectivity index (χ4n) is 14.3. The van der Waals surface area contributed by atoms with Crippen LogP contribution in [0.5, 0.6) is 0 Å². The Morgan fingerprint density at radius 3 is 1.44 bits per heavy atom. The van der Waals surface area contributed by atoms with Gasteiger partial charge in [-0.3, -0.25) is 14.4 Å². The average Bonchev–Trinajstić information content (AvgIpc) is 0.750. The molecule has 23 N–H and O–H groups in total. The number of aliphatic carboxylic acids is 1. The fraction of sp³-hybridized carbons (Fsp3) is 0.918. The van der Waals surface area contributed by atoms with E-state index in [1.807, 2.05) is 6.08 Å². The molecule has 5 aliphatic heterocycles. The first kappa shape index (κ1) is 96.9. The lowest BCUT2D eigenvalue weighted by Gasteiger charge is -2.54. The molecule has 0 bridgehead atoms. The Bertz CT molecular complexity index is 2510. The number of carboxylic acids is 1. The molecule has 3 amide bonds. The van der Waals surface area contributed by atoms with Crippen molar-refractivity contribution in [2.24, 2.45) is 0 Å². The van der Waals surface area contributed by atoms with E-state index in [0.29, 0.717) is 12.8 Å². The van der Waals surface area contributed by atoms with Gasteiger partial charge < -0.3 is 161 Å². The molecule has 5 heterocycles. The van der Waals surface area contributed by atoms with Crippen LogP contribution >= 0.6 is 0 Å². The molecule has 35 heteroatoms. The molecule has 5 rings (SSSR count). The van der Waals surface area contributed by atoms with Crippen LogP contribution in [0, 0.1) is 0 Å². The molecule has 0 spiro atoms. The zero-order valence-electron chi connectivity index (χ0n) is 63.8. The van der Waals surface area contributed by atoms with Crippen molar-refractivity contribution in [2.45, 2.75) is 385 Å². The van der Waals surface area contributed by atoms with Crippen LogP contribution in [0.4, 0.5) is 0 Å². The minimum absolute atomic E-state index is 0. The summed E-state index contributed by atoms with van der Waals surface area (Å²) in [7, 11) is 0. The number of quaternary nitrogens is 1. The van der Waals surface area contributed by atoms with Gasteiger partial charge in [0, 0.05) is 26.7 Å². The first-order valence-corrected chi connectivity index (χ1v) is 39.1. The molecule has 0 aromatic heterocycles. The molecule has 28 unspecified atom stereocenters. The Hall–Kier alpha value is -3.46. The van der Waals surface area contributed by atoms with Gasteiger partial charge in [0.25, 0.3) is 0 Å². The van der Waals surface area contributed by atoms with Crippen molar-refractivity contribution in [1.29, 1.82) is 0 Å². The van der Waals surface area contributed by atoms with Gasteiger partial charge in [0.2, 0.25) is 23.5 Å². The van der Waals surface area contributed by atoms with Gasteiger partial charge in [-0.2, -0.15) is 0 Å². The molecule has 0 saturated carbocycles. The number of carbonyl (C=O) groups is 4. The molecule has 632 valence electrons. The number of hydrogen-bond donors (Lipinski definition) is 20. The maximum absolute atomic E-state index is 13.7. The van der Waals surface area contributed by atoms with E-state index in [-0.39, 0.29) is 18.5 Å². The molecule has 35 nitrogen and oxygen atoms in total. The number of unbranched alkanes of at least 4 members (excludes halogenated alkanes) is 25. The summed E-state index contributed by atoms with van der Waals surface area (Å²) in [5.41, 5.74) is 0. The topological polar surface area (TPSA) is 580 Å². The van der Waals surface area contributed by atoms with Crippen molar-refractivity contribution in [3.8, 4) is 0 Å². The van der Waals surface area contributed by atoms with Crippen LogP contribution < -0.4 is 27.2 Å². The molecule has 0 aromatic carbocycles. The third-order valence-electron chi connectivity index (χ3n) is 20.6. The largest absolute Gasteiger partial charge is 0.544 e. The number of carboxylic acid groups (broad SMARTS) is 1. The fourth-order valence-corrected chi connectivity index (χ4v) is 14.3. The first-order chi connectivity index (χ1) is 51.3. The molecule has 0 aromatic rings. The van der Waals surface area contributed by atoms with Crippen LogP contribution in [-0.2, 0) is 66.5 Å². The van der Waals surface area contributed by atoms with Crippen molar-refractivity contribution in [1.82, 2.24) is 22.1 Å². The summed E-state index contributed by atoms with van der Waals surface area (Å²) >= 11 is 0. The van der Waals surface area contributed by atoms with Crippen LogP contribution in [0.1, 0.15) is 214 Å². The number of aliphatic hydroxyl groups excluding tert-OH is 16. The Labute approximate surface area is 633 Å². The Morgan fingerprint density at radius 1 is 0.500 bits per heavy atom. The second-order valence-electron chi connectivity index (χ2n) is 29.3. The van der Waals surface area contributed by atoms with E-state index in [2.05, 4.69) is 29.8 Å². The number of aliphatic hydroxyl groups is 16. The minimum atomic E-state index is -3.49. The molecule has 28 atom stereocenters. The van der Waals surface area contributed by atoms with Crippen molar-refractivity contribution >= 4 is 23.7 Å². The van der Waals surface area contributed by atoms with Gasteiger partial charge >= 0.3 is 0 Å². The summed E-state index contributed by atoms with van der Waals surface area (Å²) in [5.74, 6) is -8.10. The summed E-state index contributed by atoms with van der Waals surface area (Å²) < 4.78 is 59.9. The molecular weight excluding hydrogens is 1430 g/mol. The van der Waals surface area contributed by atoms with Gasteiger partial charge in [0.1, 0.15) is 122 Å². The van der Waals surface area contributed by atoms with Crippen LogP contribution in [0.2, 0.25) is 0 Å². The summed E-state index contributed by atoms with van der Waals surface area (Å²) in [5, 5.41) is 199. The molecule has 5 fully saturated rings. The number of rotatable bonds is 52. The van der Waals surface area contributed by atoms with E-state index in [1.54, 1.807) is 0 Å². The second-order valence-corrected chi connectivity index (χ2v) is 29.3. The Morgan fingerprint density at radius 2 is 0.935 bits per heavy atom. The predicted molar refractivity (Wildman–Crippen MR) is 382 cm³/mol. The summed E-state index contributed by atoms with van der Waals surface area (Å²) in [4.78, 5) is 52.8. The van der Waals surface area contributed by atoms with Crippen molar-refractivity contribution < 1.29 is 153 Å². The number of carbonyl (C=O) groups excluding carboxylic acids is 4. The lowest BCUT2D eigenvalue weighted by Crippen LogP contribution is -2.73. The van der Waals surface area contributed by atoms with Crippen LogP contribution in [-0.4, -0.2) is 316 Å². The second kappa shape index (κ2) is 51.4. The molecule has 108 heavy (non-hydrogen) atoms. The molecule has 0 aliphatic carbocycles. The number of amides is 3. The van der Waals surface area contributed by atoms with Crippen molar-refractivity contribution in [3.05, 3.63) is 12.2 Å². The van der Waals surface area contributed by atoms with Crippen LogP contribution in [0.25, 0.3) is 0 Å². The summed E-state index contributed by atoms with van der Waals surface area (Å²) in [6.45, 7) is 0.239. The van der Waals surface area contributed by atoms with Gasteiger partial charge in [-0.1, -0.05) is 180 Å². The average molecular weight is 1560 g/mol. The summed E-state index contributed by atoms with van der Waals surface area (Å²) in [6.07, 6.45) is -17.3. The standard InChI is InChI=1S/C73H131N3O31.H3N/c1-5-7-9-11-13-15-17-19-20-22-24-26-28-30-32-34-52(87)76-44(45(84)33-31-29-27-25-23-21-18-16-14-12-10-8-6-2)41-98-69-61(94)59(92)63(50(39-80)101-69)103-71-62(95)67(107-73(72(96)97)35-46(85)53(74-42(3)82)66(106-73)55(88)47(86)36-77)64(51(40-81)102-71)104-68-54(75-43(4)83)65(57(90)49(38-79)99-68)105-70-60(93)58(91)56(89)48(37-78)100-70;/h31,33,44-51,53-71,77-81,84-86,88-95H,5-30,32,34-41H2,1-4H3,(H,74,82)(H,75,83)(H,76,87)(H,96,97);1H3/b33-31+;. The molecule has 0 radical (unpaired) electrons. The van der Waals surface area contributed by atoms with Gasteiger partial charge in [-0.25, -0.2) is 0 Å². The minimum Gasteiger partial charge on any atom is -0.544 e. The van der Waals surface area contributed by atoms with Gasteiger partial charge in [0.15, 0.2) is 25.2 Å². The van der Waals surface area contributed by atoms with E-state index < -0.39 is 235 Å². The Kier molecular flexibility index (Phi) is 46.1. The number of allylic oxidation sites excluding steroid dienone is 1. The van der Waals surface area contributed by atoms with Gasteiger partial charge in [0.05, 0.1) is 63.9 Å². The van der Waals surface area contributed by atoms with Gasteiger partial charge in [-0.05, 0) is 19.3 Å². The lowest BCUT2D eigenvalue weighted by molar-refractivity contribution is -0.421. The highest BCUT2D eigenvalue weighted by molar-refractivity contribution is 5.76. The van der Waals surface area contributed by atoms with E-state index in [4.69, 9.17) is 47.4 Å². The predicted octanol–water partition coefficient (Wildman–Crippen LogP) is -2.00.